The van der Waals surface area contributed by atoms with Gasteiger partial charge < -0.3 is 20.1 Å². The molecule has 0 saturated carbocycles. The van der Waals surface area contributed by atoms with Crippen molar-refractivity contribution in [1.29, 1.82) is 0 Å². The summed E-state index contributed by atoms with van der Waals surface area (Å²) in [5.74, 6) is 1.81. The number of carbonyl (C=O) groups excluding carboxylic acids is 1. The molecule has 29 heavy (non-hydrogen) atoms. The zero-order valence-electron chi connectivity index (χ0n) is 15.9. The quantitative estimate of drug-likeness (QED) is 0.537. The molecule has 2 aromatic carbocycles. The molecule has 4 rings (SSSR count). The maximum Gasteiger partial charge on any atom is 0.323 e. The number of fused-ring (bicyclic) bond motifs is 1. The maximum atomic E-state index is 12.3. The standard InChI is InChI=1S/C21H19N5O3/c1-28-17-10-16(11-18(12-17)29-2)24-21(27)23-15-6-4-14(5-7-15)19-13-26-9-3-8-22-20(26)25-19/h3-13H,1-2H3,(H2,23,24,27). The predicted octanol–water partition coefficient (Wildman–Crippen LogP) is 4.06. The van der Waals surface area contributed by atoms with Gasteiger partial charge in [0.25, 0.3) is 0 Å². The molecule has 0 aliphatic rings. The fraction of sp³-hybridized carbons (Fsp3) is 0.0952. The molecule has 0 aliphatic carbocycles. The second-order valence-corrected chi connectivity index (χ2v) is 6.21. The number of aromatic nitrogens is 3. The highest BCUT2D eigenvalue weighted by molar-refractivity contribution is 6.00. The summed E-state index contributed by atoms with van der Waals surface area (Å²) in [6, 6.07) is 14.1. The molecule has 0 radical (unpaired) electrons. The molecule has 0 atom stereocenters. The number of benzene rings is 2. The molecule has 0 saturated heterocycles. The minimum absolute atomic E-state index is 0.370. The van der Waals surface area contributed by atoms with Gasteiger partial charge in [0.1, 0.15) is 11.5 Å². The monoisotopic (exact) mass is 389 g/mol. The molecule has 2 heterocycles. The molecule has 0 spiro atoms. The van der Waals surface area contributed by atoms with Crippen LogP contribution in [-0.2, 0) is 0 Å². The number of imidazole rings is 1. The van der Waals surface area contributed by atoms with E-state index in [1.807, 2.05) is 47.1 Å². The van der Waals surface area contributed by atoms with Crippen LogP contribution in [0.1, 0.15) is 0 Å². The predicted molar refractivity (Wildman–Crippen MR) is 111 cm³/mol. The lowest BCUT2D eigenvalue weighted by Gasteiger charge is -2.11. The van der Waals surface area contributed by atoms with Crippen LogP contribution < -0.4 is 20.1 Å². The summed E-state index contributed by atoms with van der Waals surface area (Å²) in [7, 11) is 3.11. The van der Waals surface area contributed by atoms with Gasteiger partial charge in [-0.05, 0) is 18.2 Å². The summed E-state index contributed by atoms with van der Waals surface area (Å²) in [6.07, 6.45) is 5.51. The first kappa shape index (κ1) is 18.3. The molecule has 0 unspecified atom stereocenters. The first-order chi connectivity index (χ1) is 14.1. The normalized spacial score (nSPS) is 10.6. The number of anilines is 2. The van der Waals surface area contributed by atoms with E-state index in [0.717, 1.165) is 11.3 Å². The summed E-state index contributed by atoms with van der Waals surface area (Å²) in [5.41, 5.74) is 2.96. The molecule has 8 nitrogen and oxygen atoms in total. The van der Waals surface area contributed by atoms with E-state index in [2.05, 4.69) is 20.6 Å². The fourth-order valence-corrected chi connectivity index (χ4v) is 2.87. The number of hydrogen-bond acceptors (Lipinski definition) is 5. The van der Waals surface area contributed by atoms with Gasteiger partial charge in [-0.2, -0.15) is 0 Å². The minimum Gasteiger partial charge on any atom is -0.497 e. The Hall–Kier alpha value is -4.07. The smallest absolute Gasteiger partial charge is 0.323 e. The van der Waals surface area contributed by atoms with Gasteiger partial charge in [0.2, 0.25) is 5.78 Å². The van der Waals surface area contributed by atoms with Crippen molar-refractivity contribution in [3.8, 4) is 22.8 Å². The van der Waals surface area contributed by atoms with Crippen molar-refractivity contribution in [2.24, 2.45) is 0 Å². The Morgan fingerprint density at radius 2 is 1.66 bits per heavy atom. The lowest BCUT2D eigenvalue weighted by Crippen LogP contribution is -2.19. The van der Waals surface area contributed by atoms with E-state index in [4.69, 9.17) is 9.47 Å². The molecule has 0 fully saturated rings. The topological polar surface area (TPSA) is 89.8 Å². The fourth-order valence-electron chi connectivity index (χ4n) is 2.87. The average molecular weight is 389 g/mol. The van der Waals surface area contributed by atoms with Crippen LogP contribution in [0.15, 0.2) is 67.1 Å². The zero-order chi connectivity index (χ0) is 20.2. The molecule has 4 aromatic rings. The molecule has 146 valence electrons. The SMILES string of the molecule is COc1cc(NC(=O)Nc2ccc(-c3cn4cccnc4n3)cc2)cc(OC)c1. The van der Waals surface area contributed by atoms with Crippen molar-refractivity contribution in [2.45, 2.75) is 0 Å². The zero-order valence-corrected chi connectivity index (χ0v) is 15.9. The number of ether oxygens (including phenoxy) is 2. The van der Waals surface area contributed by atoms with Gasteiger partial charge in [-0.1, -0.05) is 12.1 Å². The van der Waals surface area contributed by atoms with Crippen LogP contribution in [0.25, 0.3) is 17.0 Å². The summed E-state index contributed by atoms with van der Waals surface area (Å²) < 4.78 is 12.3. The van der Waals surface area contributed by atoms with Gasteiger partial charge in [-0.25, -0.2) is 14.8 Å². The van der Waals surface area contributed by atoms with Crippen LogP contribution >= 0.6 is 0 Å². The van der Waals surface area contributed by atoms with E-state index in [0.29, 0.717) is 28.7 Å². The average Bonchev–Trinajstić information content (AvgIpc) is 3.18. The molecular weight excluding hydrogens is 370 g/mol. The van der Waals surface area contributed by atoms with Gasteiger partial charge in [0.05, 0.1) is 19.9 Å². The van der Waals surface area contributed by atoms with Crippen LogP contribution in [-0.4, -0.2) is 34.6 Å². The van der Waals surface area contributed by atoms with Crippen LogP contribution in [0.5, 0.6) is 11.5 Å². The van der Waals surface area contributed by atoms with E-state index < -0.39 is 0 Å². The molecule has 0 aliphatic heterocycles. The highest BCUT2D eigenvalue weighted by atomic mass is 16.5. The second-order valence-electron chi connectivity index (χ2n) is 6.21. The van der Waals surface area contributed by atoms with Crippen molar-refractivity contribution >= 4 is 23.2 Å². The molecule has 2 N–H and O–H groups in total. The van der Waals surface area contributed by atoms with Gasteiger partial charge in [0, 0.05) is 53.7 Å². The molecule has 8 heteroatoms. The number of carbonyl (C=O) groups is 1. The van der Waals surface area contributed by atoms with E-state index >= 15 is 0 Å². The molecular formula is C21H19N5O3. The number of urea groups is 1. The Labute approximate surface area is 167 Å². The summed E-state index contributed by atoms with van der Waals surface area (Å²) in [5, 5.41) is 5.57. The minimum atomic E-state index is -0.370. The number of methoxy groups -OCH3 is 2. The second kappa shape index (κ2) is 7.89. The summed E-state index contributed by atoms with van der Waals surface area (Å²) in [4.78, 5) is 21.0. The Morgan fingerprint density at radius 1 is 0.966 bits per heavy atom. The van der Waals surface area contributed by atoms with Crippen molar-refractivity contribution in [3.63, 3.8) is 0 Å². The van der Waals surface area contributed by atoms with Crippen LogP contribution in [0, 0.1) is 0 Å². The van der Waals surface area contributed by atoms with Crippen LogP contribution in [0.2, 0.25) is 0 Å². The van der Waals surface area contributed by atoms with E-state index in [-0.39, 0.29) is 6.03 Å². The maximum absolute atomic E-state index is 12.3. The third kappa shape index (κ3) is 4.11. The largest absolute Gasteiger partial charge is 0.497 e. The van der Waals surface area contributed by atoms with Crippen LogP contribution in [0.3, 0.4) is 0 Å². The number of rotatable bonds is 5. The lowest BCUT2D eigenvalue weighted by atomic mass is 10.1. The summed E-state index contributed by atoms with van der Waals surface area (Å²) >= 11 is 0. The van der Waals surface area contributed by atoms with Gasteiger partial charge in [-0.3, -0.25) is 4.40 Å². The van der Waals surface area contributed by atoms with Gasteiger partial charge in [0.15, 0.2) is 0 Å². The number of nitrogens with zero attached hydrogens (tertiary/aromatic N) is 3. The molecule has 2 aromatic heterocycles. The first-order valence-electron chi connectivity index (χ1n) is 8.86. The number of nitrogens with one attached hydrogen (secondary N) is 2. The third-order valence-electron chi connectivity index (χ3n) is 4.28. The van der Waals surface area contributed by atoms with E-state index in [1.165, 1.54) is 0 Å². The molecule has 0 bridgehead atoms. The Kier molecular flexibility index (Phi) is 4.98. The van der Waals surface area contributed by atoms with Gasteiger partial charge in [-0.15, -0.1) is 0 Å². The van der Waals surface area contributed by atoms with E-state index in [9.17, 15) is 4.79 Å². The van der Waals surface area contributed by atoms with Crippen molar-refractivity contribution in [3.05, 3.63) is 67.1 Å². The first-order valence-corrected chi connectivity index (χ1v) is 8.86. The highest BCUT2D eigenvalue weighted by Crippen LogP contribution is 2.26. The van der Waals surface area contributed by atoms with Crippen molar-refractivity contribution in [1.82, 2.24) is 14.4 Å². The van der Waals surface area contributed by atoms with Crippen molar-refractivity contribution < 1.29 is 14.3 Å². The molecule has 2 amide bonds. The van der Waals surface area contributed by atoms with E-state index in [1.54, 1.807) is 38.6 Å². The Balaban J connectivity index is 1.45. The number of hydrogen-bond donors (Lipinski definition) is 2. The van der Waals surface area contributed by atoms with Crippen molar-refractivity contribution in [2.75, 3.05) is 24.9 Å². The highest BCUT2D eigenvalue weighted by Gasteiger charge is 2.08. The Bertz CT molecular complexity index is 1100. The Morgan fingerprint density at radius 3 is 2.31 bits per heavy atom. The number of amides is 2. The van der Waals surface area contributed by atoms with Crippen LogP contribution in [0.4, 0.5) is 16.2 Å². The summed E-state index contributed by atoms with van der Waals surface area (Å²) in [6.45, 7) is 0. The lowest BCUT2D eigenvalue weighted by molar-refractivity contribution is 0.262. The van der Waals surface area contributed by atoms with Gasteiger partial charge >= 0.3 is 6.03 Å². The third-order valence-corrected chi connectivity index (χ3v) is 4.28.